The number of rotatable bonds is 10. The van der Waals surface area contributed by atoms with E-state index in [0.717, 1.165) is 49.5 Å². The minimum absolute atomic E-state index is 0.243. The molecule has 3 amide bonds. The monoisotopic (exact) mass is 639 g/mol. The molecule has 0 atom stereocenters. The van der Waals surface area contributed by atoms with Crippen LogP contribution in [0.15, 0.2) is 49.3 Å². The van der Waals surface area contributed by atoms with Crippen LogP contribution in [0.3, 0.4) is 0 Å². The molecular formula is C32H39Cl2N7O3. The van der Waals surface area contributed by atoms with Gasteiger partial charge in [-0.1, -0.05) is 49.7 Å². The Morgan fingerprint density at radius 1 is 1.02 bits per heavy atom. The van der Waals surface area contributed by atoms with Gasteiger partial charge in [-0.15, -0.1) is 0 Å². The standard InChI is InChI=1S/C32H39Cl2N7O3/c1-7-21-17-26(44-6)30(34)31(29(21)33)39(5)32(43)38(4)27-18-23(35-20-36-27)16-22-10-11-24(19-25(22)37-28(42)8-2)41-14-12-40(9-3)13-15-41/h8,10-11,17-20H,2,7,9,12-16H2,1,3-6H3,(H,37,42). The summed E-state index contributed by atoms with van der Waals surface area (Å²) >= 11 is 13.3. The topological polar surface area (TPSA) is 94.1 Å². The van der Waals surface area contributed by atoms with Gasteiger partial charge in [0.05, 0.1) is 23.5 Å². The van der Waals surface area contributed by atoms with Gasteiger partial charge < -0.3 is 19.9 Å². The van der Waals surface area contributed by atoms with E-state index in [2.05, 4.69) is 44.7 Å². The van der Waals surface area contributed by atoms with Crippen molar-refractivity contribution in [2.45, 2.75) is 26.7 Å². The molecule has 1 aliphatic heterocycles. The molecule has 12 heteroatoms. The van der Waals surface area contributed by atoms with Gasteiger partial charge in [-0.3, -0.25) is 14.6 Å². The van der Waals surface area contributed by atoms with E-state index in [9.17, 15) is 9.59 Å². The summed E-state index contributed by atoms with van der Waals surface area (Å²) in [6.45, 7) is 12.6. The average molecular weight is 641 g/mol. The van der Waals surface area contributed by atoms with Gasteiger partial charge >= 0.3 is 6.03 Å². The lowest BCUT2D eigenvalue weighted by Gasteiger charge is -2.35. The molecule has 1 saturated heterocycles. The summed E-state index contributed by atoms with van der Waals surface area (Å²) in [4.78, 5) is 42.3. The zero-order valence-electron chi connectivity index (χ0n) is 25.9. The molecule has 2 heterocycles. The number of methoxy groups -OCH3 is 1. The van der Waals surface area contributed by atoms with Gasteiger partial charge in [-0.05, 0) is 48.4 Å². The maximum atomic E-state index is 13.6. The molecule has 0 saturated carbocycles. The zero-order chi connectivity index (χ0) is 32.0. The van der Waals surface area contributed by atoms with E-state index in [1.54, 1.807) is 26.2 Å². The minimum Gasteiger partial charge on any atom is -0.495 e. The second kappa shape index (κ2) is 14.7. The second-order valence-electron chi connectivity index (χ2n) is 10.5. The van der Waals surface area contributed by atoms with Crippen LogP contribution in [0.2, 0.25) is 10.0 Å². The van der Waals surface area contributed by atoms with E-state index in [1.165, 1.54) is 29.3 Å². The lowest BCUT2D eigenvalue weighted by molar-refractivity contribution is -0.111. The van der Waals surface area contributed by atoms with Gasteiger partial charge in [0.15, 0.2) is 0 Å². The molecule has 1 aromatic heterocycles. The molecule has 1 N–H and O–H groups in total. The van der Waals surface area contributed by atoms with Crippen LogP contribution >= 0.6 is 23.2 Å². The summed E-state index contributed by atoms with van der Waals surface area (Å²) in [7, 11) is 4.74. The summed E-state index contributed by atoms with van der Waals surface area (Å²) < 4.78 is 5.42. The molecular weight excluding hydrogens is 601 g/mol. The number of urea groups is 1. The number of ether oxygens (including phenoxy) is 1. The molecule has 234 valence electrons. The first-order chi connectivity index (χ1) is 21.1. The van der Waals surface area contributed by atoms with Crippen molar-refractivity contribution < 1.29 is 14.3 Å². The molecule has 10 nitrogen and oxygen atoms in total. The largest absolute Gasteiger partial charge is 0.495 e. The van der Waals surface area contributed by atoms with E-state index >= 15 is 0 Å². The summed E-state index contributed by atoms with van der Waals surface area (Å²) in [5, 5.41) is 3.58. The zero-order valence-corrected chi connectivity index (χ0v) is 27.4. The number of anilines is 4. The van der Waals surface area contributed by atoms with Crippen LogP contribution in [-0.2, 0) is 17.6 Å². The fourth-order valence-corrected chi connectivity index (χ4v) is 5.98. The van der Waals surface area contributed by atoms with Crippen molar-refractivity contribution in [1.29, 1.82) is 0 Å². The molecule has 0 unspecified atom stereocenters. The Bertz CT molecular complexity index is 1500. The predicted molar refractivity (Wildman–Crippen MR) is 179 cm³/mol. The first-order valence-electron chi connectivity index (χ1n) is 14.5. The molecule has 1 aliphatic rings. The van der Waals surface area contributed by atoms with E-state index < -0.39 is 6.03 Å². The number of likely N-dealkylation sites (N-methyl/N-ethyl adjacent to an activating group) is 1. The van der Waals surface area contributed by atoms with Crippen LogP contribution in [0.5, 0.6) is 5.75 Å². The number of nitrogens with zero attached hydrogens (tertiary/aromatic N) is 6. The number of benzene rings is 2. The van der Waals surface area contributed by atoms with E-state index in [1.807, 2.05) is 19.1 Å². The third kappa shape index (κ3) is 7.26. The number of amides is 3. The average Bonchev–Trinajstić information content (AvgIpc) is 3.05. The van der Waals surface area contributed by atoms with Gasteiger partial charge in [-0.25, -0.2) is 14.8 Å². The summed E-state index contributed by atoms with van der Waals surface area (Å²) in [5.41, 5.74) is 4.43. The SMILES string of the molecule is C=CC(=O)Nc1cc(N2CCN(CC)CC2)ccc1Cc1cc(N(C)C(=O)N(C)c2c(Cl)c(CC)cc(OC)c2Cl)ncn1. The first kappa shape index (κ1) is 33.0. The summed E-state index contributed by atoms with van der Waals surface area (Å²) in [5.74, 6) is 0.528. The number of aromatic nitrogens is 2. The van der Waals surface area contributed by atoms with Crippen molar-refractivity contribution in [2.24, 2.45) is 0 Å². The van der Waals surface area contributed by atoms with Gasteiger partial charge in [-0.2, -0.15) is 0 Å². The fraction of sp³-hybridized carbons (Fsp3) is 0.375. The van der Waals surface area contributed by atoms with Gasteiger partial charge in [0.1, 0.15) is 22.9 Å². The fourth-order valence-electron chi connectivity index (χ4n) is 5.17. The third-order valence-corrected chi connectivity index (χ3v) is 8.66. The highest BCUT2D eigenvalue weighted by atomic mass is 35.5. The Labute approximate surface area is 269 Å². The quantitative estimate of drug-likeness (QED) is 0.276. The van der Waals surface area contributed by atoms with Crippen LogP contribution in [0.1, 0.15) is 30.7 Å². The molecule has 4 rings (SSSR count). The molecule has 2 aromatic carbocycles. The highest BCUT2D eigenvalue weighted by Gasteiger charge is 2.26. The first-order valence-corrected chi connectivity index (χ1v) is 15.3. The number of hydrogen-bond acceptors (Lipinski definition) is 7. The summed E-state index contributed by atoms with van der Waals surface area (Å²) in [6, 6.07) is 9.19. The third-order valence-electron chi connectivity index (χ3n) is 7.88. The maximum Gasteiger partial charge on any atom is 0.329 e. The lowest BCUT2D eigenvalue weighted by atomic mass is 10.0. The number of carbonyl (C=O) groups is 2. The number of hydrogen-bond donors (Lipinski definition) is 1. The molecule has 44 heavy (non-hydrogen) atoms. The minimum atomic E-state index is -0.403. The van der Waals surface area contributed by atoms with Crippen molar-refractivity contribution in [3.63, 3.8) is 0 Å². The Morgan fingerprint density at radius 2 is 1.75 bits per heavy atom. The molecule has 0 spiro atoms. The predicted octanol–water partition coefficient (Wildman–Crippen LogP) is 5.90. The smallest absolute Gasteiger partial charge is 0.329 e. The second-order valence-corrected chi connectivity index (χ2v) is 11.2. The Morgan fingerprint density at radius 3 is 2.39 bits per heavy atom. The highest BCUT2D eigenvalue weighted by molar-refractivity contribution is 6.41. The maximum absolute atomic E-state index is 13.6. The molecule has 1 fully saturated rings. The Balaban J connectivity index is 1.58. The Hall–Kier alpha value is -3.86. The van der Waals surface area contributed by atoms with Crippen molar-refractivity contribution in [3.8, 4) is 5.75 Å². The number of aryl methyl sites for hydroxylation is 1. The van der Waals surface area contributed by atoms with Crippen molar-refractivity contribution in [2.75, 3.05) is 73.9 Å². The van der Waals surface area contributed by atoms with Crippen LogP contribution in [0, 0.1) is 0 Å². The highest BCUT2D eigenvalue weighted by Crippen LogP contribution is 2.43. The number of piperazine rings is 1. The van der Waals surface area contributed by atoms with E-state index in [-0.39, 0.29) is 10.9 Å². The van der Waals surface area contributed by atoms with Crippen LogP contribution in [0.4, 0.5) is 27.7 Å². The van der Waals surface area contributed by atoms with E-state index in [0.29, 0.717) is 46.5 Å². The van der Waals surface area contributed by atoms with Crippen LogP contribution in [0.25, 0.3) is 0 Å². The number of nitrogens with one attached hydrogen (secondary N) is 1. The number of carbonyl (C=O) groups excluding carboxylic acids is 2. The Kier molecular flexibility index (Phi) is 11.1. The van der Waals surface area contributed by atoms with Gasteiger partial charge in [0.2, 0.25) is 5.91 Å². The lowest BCUT2D eigenvalue weighted by Crippen LogP contribution is -2.46. The van der Waals surface area contributed by atoms with Crippen LogP contribution in [-0.4, -0.2) is 80.7 Å². The van der Waals surface area contributed by atoms with Crippen molar-refractivity contribution in [3.05, 3.63) is 76.2 Å². The van der Waals surface area contributed by atoms with E-state index in [4.69, 9.17) is 27.9 Å². The number of halogens is 2. The molecule has 0 bridgehead atoms. The molecule has 0 radical (unpaired) electrons. The molecule has 3 aromatic rings. The van der Waals surface area contributed by atoms with Crippen molar-refractivity contribution in [1.82, 2.24) is 14.9 Å². The normalized spacial score (nSPS) is 13.4. The van der Waals surface area contributed by atoms with Gasteiger partial charge in [0.25, 0.3) is 0 Å². The summed E-state index contributed by atoms with van der Waals surface area (Å²) in [6.07, 6.45) is 3.70. The van der Waals surface area contributed by atoms with Crippen molar-refractivity contribution >= 4 is 58.0 Å². The van der Waals surface area contributed by atoms with Gasteiger partial charge in [0, 0.05) is 64.1 Å². The molecule has 0 aliphatic carbocycles. The van der Waals surface area contributed by atoms with Crippen LogP contribution < -0.4 is 24.8 Å².